The lowest BCUT2D eigenvalue weighted by Gasteiger charge is -2.13. The number of hydrogen-bond acceptors (Lipinski definition) is 3. The molecular weight excluding hydrogens is 430 g/mol. The third-order valence-corrected chi connectivity index (χ3v) is 6.84. The van der Waals surface area contributed by atoms with Gasteiger partial charge in [-0.2, -0.15) is 0 Å². The summed E-state index contributed by atoms with van der Waals surface area (Å²) in [6, 6.07) is 33.3. The van der Waals surface area contributed by atoms with Crippen molar-refractivity contribution < 1.29 is 13.2 Å². The lowest BCUT2D eigenvalue weighted by Crippen LogP contribution is -2.14. The first kappa shape index (κ1) is 22.5. The molecule has 0 bridgehead atoms. The molecule has 0 aliphatic rings. The molecule has 4 aromatic carbocycles. The average Bonchev–Trinajstić information content (AvgIpc) is 2.85. The van der Waals surface area contributed by atoms with E-state index in [1.807, 2.05) is 66.7 Å². The number of anilines is 1. The number of carbonyl (C=O) groups is 1. The molecule has 0 heterocycles. The van der Waals surface area contributed by atoms with E-state index in [1.54, 1.807) is 42.5 Å². The van der Waals surface area contributed by atoms with Crippen LogP contribution < -0.4 is 4.72 Å². The molecule has 166 valence electrons. The number of aryl methyl sites for hydroxylation is 1. The minimum absolute atomic E-state index is 0.156. The first-order valence-corrected chi connectivity index (χ1v) is 12.3. The largest absolute Gasteiger partial charge is 0.299 e. The number of rotatable bonds is 9. The lowest BCUT2D eigenvalue weighted by atomic mass is 10.0. The van der Waals surface area contributed by atoms with E-state index in [2.05, 4.69) is 4.72 Å². The van der Waals surface area contributed by atoms with Crippen LogP contribution in [0.25, 0.3) is 11.1 Å². The van der Waals surface area contributed by atoms with Gasteiger partial charge in [-0.1, -0.05) is 91.0 Å². The zero-order valence-corrected chi connectivity index (χ0v) is 19.0. The van der Waals surface area contributed by atoms with Crippen molar-refractivity contribution in [2.24, 2.45) is 0 Å². The molecule has 0 fully saturated rings. The molecule has 0 radical (unpaired) electrons. The van der Waals surface area contributed by atoms with Crippen molar-refractivity contribution in [2.75, 3.05) is 4.72 Å². The maximum absolute atomic E-state index is 13.1. The first-order chi connectivity index (χ1) is 16.0. The Morgan fingerprint density at radius 3 is 1.97 bits per heavy atom. The van der Waals surface area contributed by atoms with Gasteiger partial charge in [0, 0.05) is 24.1 Å². The predicted molar refractivity (Wildman–Crippen MR) is 133 cm³/mol. The van der Waals surface area contributed by atoms with Gasteiger partial charge in [-0.3, -0.25) is 9.52 Å². The van der Waals surface area contributed by atoms with Gasteiger partial charge in [0.05, 0.1) is 4.90 Å². The highest BCUT2D eigenvalue weighted by Crippen LogP contribution is 2.28. The summed E-state index contributed by atoms with van der Waals surface area (Å²) in [7, 11) is -3.78. The minimum Gasteiger partial charge on any atom is -0.299 e. The maximum atomic E-state index is 13.1. The topological polar surface area (TPSA) is 63.2 Å². The highest BCUT2D eigenvalue weighted by molar-refractivity contribution is 7.92. The van der Waals surface area contributed by atoms with Gasteiger partial charge in [0.1, 0.15) is 5.78 Å². The molecule has 0 aliphatic carbocycles. The van der Waals surface area contributed by atoms with E-state index in [9.17, 15) is 13.2 Å². The molecule has 4 rings (SSSR count). The van der Waals surface area contributed by atoms with Gasteiger partial charge >= 0.3 is 0 Å². The summed E-state index contributed by atoms with van der Waals surface area (Å²) in [5, 5.41) is 0. The predicted octanol–water partition coefficient (Wildman–Crippen LogP) is 5.90. The Balaban J connectivity index is 1.42. The van der Waals surface area contributed by atoms with Crippen LogP contribution in [0.4, 0.5) is 5.69 Å². The van der Waals surface area contributed by atoms with E-state index >= 15 is 0 Å². The molecule has 5 heteroatoms. The van der Waals surface area contributed by atoms with Crippen LogP contribution in [0.15, 0.2) is 114 Å². The molecule has 0 amide bonds. The summed E-state index contributed by atoms with van der Waals surface area (Å²) in [5.41, 5.74) is 3.94. The molecule has 0 atom stereocenters. The first-order valence-electron chi connectivity index (χ1n) is 10.8. The molecule has 0 saturated heterocycles. The Kier molecular flexibility index (Phi) is 7.01. The zero-order chi connectivity index (χ0) is 23.1. The second-order valence-corrected chi connectivity index (χ2v) is 9.52. The van der Waals surface area contributed by atoms with Crippen LogP contribution >= 0.6 is 0 Å². The van der Waals surface area contributed by atoms with Crippen molar-refractivity contribution in [3.05, 3.63) is 120 Å². The van der Waals surface area contributed by atoms with Crippen LogP contribution in [0, 0.1) is 0 Å². The van der Waals surface area contributed by atoms with Crippen molar-refractivity contribution >= 4 is 21.5 Å². The van der Waals surface area contributed by atoms with Crippen molar-refractivity contribution in [1.29, 1.82) is 0 Å². The smallest absolute Gasteiger partial charge is 0.262 e. The van der Waals surface area contributed by atoms with E-state index in [-0.39, 0.29) is 10.7 Å². The van der Waals surface area contributed by atoms with E-state index < -0.39 is 10.0 Å². The molecule has 0 unspecified atom stereocenters. The summed E-state index contributed by atoms with van der Waals surface area (Å²) in [4.78, 5) is 12.6. The molecule has 0 aliphatic heterocycles. The summed E-state index contributed by atoms with van der Waals surface area (Å²) in [5.74, 6) is 0.156. The van der Waals surface area contributed by atoms with Crippen molar-refractivity contribution in [3.63, 3.8) is 0 Å². The van der Waals surface area contributed by atoms with Gasteiger partial charge in [0.25, 0.3) is 10.0 Å². The summed E-state index contributed by atoms with van der Waals surface area (Å²) in [6.45, 7) is 0. The SMILES string of the molecule is O=C(CCc1ccccc1)Cc1ccc(NS(=O)(=O)c2ccccc2-c2ccccc2)cc1. The summed E-state index contributed by atoms with van der Waals surface area (Å²) >= 11 is 0. The van der Waals surface area contributed by atoms with Crippen LogP contribution in [0.2, 0.25) is 0 Å². The molecule has 4 aromatic rings. The number of sulfonamides is 1. The van der Waals surface area contributed by atoms with E-state index in [4.69, 9.17) is 0 Å². The number of carbonyl (C=O) groups excluding carboxylic acids is 1. The molecule has 4 nitrogen and oxygen atoms in total. The van der Waals surface area contributed by atoms with Gasteiger partial charge in [-0.25, -0.2) is 8.42 Å². The van der Waals surface area contributed by atoms with Gasteiger partial charge in [-0.15, -0.1) is 0 Å². The second-order valence-electron chi connectivity index (χ2n) is 7.87. The second kappa shape index (κ2) is 10.3. The Bertz CT molecular complexity index is 1320. The van der Waals surface area contributed by atoms with Crippen LogP contribution in [-0.4, -0.2) is 14.2 Å². The normalized spacial score (nSPS) is 11.2. The van der Waals surface area contributed by atoms with Gasteiger partial charge in [0.15, 0.2) is 0 Å². The van der Waals surface area contributed by atoms with Gasteiger partial charge in [0.2, 0.25) is 0 Å². The fourth-order valence-electron chi connectivity index (χ4n) is 3.70. The standard InChI is InChI=1S/C28H25NO3S/c30-26(20-17-22-9-3-1-4-10-22)21-23-15-18-25(19-16-23)29-33(31,32)28-14-8-7-13-27(28)24-11-5-2-6-12-24/h1-16,18-19,29H,17,20-21H2. The van der Waals surface area contributed by atoms with E-state index in [0.717, 1.165) is 23.1 Å². The summed E-state index contributed by atoms with van der Waals surface area (Å²) < 4.78 is 28.9. The fourth-order valence-corrected chi connectivity index (χ4v) is 4.99. The molecule has 0 aromatic heterocycles. The Morgan fingerprint density at radius 1 is 0.667 bits per heavy atom. The molecule has 1 N–H and O–H groups in total. The highest BCUT2D eigenvalue weighted by atomic mass is 32.2. The average molecular weight is 456 g/mol. The highest BCUT2D eigenvalue weighted by Gasteiger charge is 2.19. The number of nitrogens with one attached hydrogen (secondary N) is 1. The Morgan fingerprint density at radius 2 is 1.27 bits per heavy atom. The number of ketones is 1. The van der Waals surface area contributed by atoms with Crippen molar-refractivity contribution in [1.82, 2.24) is 0 Å². The third-order valence-electron chi connectivity index (χ3n) is 5.40. The lowest BCUT2D eigenvalue weighted by molar-refractivity contribution is -0.118. The van der Waals surface area contributed by atoms with E-state index in [1.165, 1.54) is 0 Å². The molecule has 0 spiro atoms. The van der Waals surface area contributed by atoms with Crippen molar-refractivity contribution in [2.45, 2.75) is 24.2 Å². The number of benzene rings is 4. The van der Waals surface area contributed by atoms with Crippen LogP contribution in [0.5, 0.6) is 0 Å². The number of hydrogen-bond donors (Lipinski definition) is 1. The van der Waals surface area contributed by atoms with Crippen LogP contribution in [-0.2, 0) is 27.7 Å². The fraction of sp³-hybridized carbons (Fsp3) is 0.107. The maximum Gasteiger partial charge on any atom is 0.262 e. The molecule has 33 heavy (non-hydrogen) atoms. The number of Topliss-reactive ketones (excluding diaryl/α,β-unsaturated/α-hetero) is 1. The Labute approximate surface area is 195 Å². The quantitative estimate of drug-likeness (QED) is 0.342. The van der Waals surface area contributed by atoms with Crippen LogP contribution in [0.3, 0.4) is 0 Å². The Hall–Kier alpha value is -3.70. The summed E-state index contributed by atoms with van der Waals surface area (Å²) in [6.07, 6.45) is 1.53. The monoisotopic (exact) mass is 455 g/mol. The third kappa shape index (κ3) is 5.96. The van der Waals surface area contributed by atoms with E-state index in [0.29, 0.717) is 24.1 Å². The van der Waals surface area contributed by atoms with Gasteiger partial charge in [-0.05, 0) is 41.3 Å². The zero-order valence-electron chi connectivity index (χ0n) is 18.1. The van der Waals surface area contributed by atoms with Crippen LogP contribution in [0.1, 0.15) is 17.5 Å². The van der Waals surface area contributed by atoms with Gasteiger partial charge < -0.3 is 0 Å². The minimum atomic E-state index is -3.78. The molecule has 0 saturated carbocycles. The molecular formula is C28H25NO3S. The van der Waals surface area contributed by atoms with Crippen molar-refractivity contribution in [3.8, 4) is 11.1 Å².